The van der Waals surface area contributed by atoms with Crippen molar-refractivity contribution in [2.45, 2.75) is 20.4 Å². The molecule has 6 heteroatoms. The van der Waals surface area contributed by atoms with Gasteiger partial charge in [0.2, 0.25) is 0 Å². The molecule has 0 spiro atoms. The molecule has 2 aromatic rings. The minimum Gasteiger partial charge on any atom is -0.497 e. The maximum Gasteiger partial charge on any atom is 0.268 e. The fourth-order valence-corrected chi connectivity index (χ4v) is 2.24. The molecule has 106 valence electrons. The predicted molar refractivity (Wildman–Crippen MR) is 80.6 cm³/mol. The first-order valence-corrected chi connectivity index (χ1v) is 6.86. The molecule has 0 unspecified atom stereocenters. The van der Waals surface area contributed by atoms with Crippen LogP contribution in [0.1, 0.15) is 16.7 Å². The number of nitrogens with one attached hydrogen (secondary N) is 1. The largest absolute Gasteiger partial charge is 0.497 e. The van der Waals surface area contributed by atoms with Crippen molar-refractivity contribution in [3.05, 3.63) is 60.1 Å². The molecule has 0 fully saturated rings. The Morgan fingerprint density at radius 2 is 1.95 bits per heavy atom. The van der Waals surface area contributed by atoms with Gasteiger partial charge in [0.05, 0.1) is 13.7 Å². The van der Waals surface area contributed by atoms with E-state index in [1.54, 1.807) is 21.0 Å². The summed E-state index contributed by atoms with van der Waals surface area (Å²) in [6.07, 6.45) is 0. The van der Waals surface area contributed by atoms with Crippen molar-refractivity contribution in [3.63, 3.8) is 0 Å². The zero-order valence-corrected chi connectivity index (χ0v) is 13.1. The van der Waals surface area contributed by atoms with E-state index in [2.05, 4.69) is 21.0 Å². The number of aromatic nitrogens is 2. The zero-order valence-electron chi connectivity index (χ0n) is 11.5. The van der Waals surface area contributed by atoms with Gasteiger partial charge in [-0.05, 0) is 37.6 Å². The van der Waals surface area contributed by atoms with Crippen molar-refractivity contribution in [1.82, 2.24) is 9.78 Å². The summed E-state index contributed by atoms with van der Waals surface area (Å²) in [7, 11) is 1.58. The van der Waals surface area contributed by atoms with Gasteiger partial charge in [0.15, 0.2) is 0 Å². The molecular weight excluding hydrogens is 324 g/mol. The number of nitrogens with zero attached hydrogens (tertiary/aromatic N) is 1. The van der Waals surface area contributed by atoms with E-state index in [1.165, 1.54) is 4.68 Å². The molecule has 0 amide bonds. The van der Waals surface area contributed by atoms with Crippen molar-refractivity contribution in [3.8, 4) is 5.75 Å². The van der Waals surface area contributed by atoms with Crippen molar-refractivity contribution in [2.24, 2.45) is 0 Å². The van der Waals surface area contributed by atoms with Crippen LogP contribution in [0.4, 0.5) is 0 Å². The van der Waals surface area contributed by atoms with E-state index in [-0.39, 0.29) is 17.7 Å². The van der Waals surface area contributed by atoms with Crippen LogP contribution in [-0.4, -0.2) is 16.9 Å². The Hall–Kier alpha value is -1.82. The lowest BCUT2D eigenvalue weighted by Crippen LogP contribution is -2.33. The smallest absolute Gasteiger partial charge is 0.268 e. The molecule has 1 aromatic carbocycles. The fourth-order valence-electron chi connectivity index (χ4n) is 1.87. The number of hydrogen-bond donors (Lipinski definition) is 1. The highest BCUT2D eigenvalue weighted by atomic mass is 79.9. The molecule has 0 atom stereocenters. The van der Waals surface area contributed by atoms with Crippen LogP contribution in [0.25, 0.3) is 0 Å². The Morgan fingerprint density at radius 1 is 1.25 bits per heavy atom. The third-order valence-electron chi connectivity index (χ3n) is 3.29. The van der Waals surface area contributed by atoms with Crippen molar-refractivity contribution in [1.29, 1.82) is 0 Å². The van der Waals surface area contributed by atoms with E-state index in [9.17, 15) is 9.59 Å². The summed E-state index contributed by atoms with van der Waals surface area (Å²) in [5.41, 5.74) is 1.33. The van der Waals surface area contributed by atoms with E-state index >= 15 is 0 Å². The molecule has 0 aliphatic carbocycles. The Bertz CT molecular complexity index is 762. The van der Waals surface area contributed by atoms with Gasteiger partial charge in [0.25, 0.3) is 11.1 Å². The number of aromatic amines is 1. The second-order valence-electron chi connectivity index (χ2n) is 4.54. The third kappa shape index (κ3) is 2.70. The summed E-state index contributed by atoms with van der Waals surface area (Å²) < 4.78 is 7.33. The first kappa shape index (κ1) is 14.6. The molecule has 0 saturated heterocycles. The molecule has 1 N–H and O–H groups in total. The van der Waals surface area contributed by atoms with Gasteiger partial charge in [0, 0.05) is 15.6 Å². The van der Waals surface area contributed by atoms with Gasteiger partial charge in [-0.15, -0.1) is 0 Å². The maximum atomic E-state index is 12.2. The van der Waals surface area contributed by atoms with Gasteiger partial charge in [-0.2, -0.15) is 0 Å². The van der Waals surface area contributed by atoms with Crippen LogP contribution >= 0.6 is 15.9 Å². The molecule has 0 radical (unpaired) electrons. The van der Waals surface area contributed by atoms with Crippen molar-refractivity contribution >= 4 is 15.9 Å². The second-order valence-corrected chi connectivity index (χ2v) is 5.39. The highest BCUT2D eigenvalue weighted by molar-refractivity contribution is 9.10. The lowest BCUT2D eigenvalue weighted by molar-refractivity contribution is 0.414. The lowest BCUT2D eigenvalue weighted by Gasteiger charge is -2.11. The van der Waals surface area contributed by atoms with E-state index in [0.717, 1.165) is 10.0 Å². The van der Waals surface area contributed by atoms with E-state index in [4.69, 9.17) is 4.74 Å². The van der Waals surface area contributed by atoms with E-state index in [1.807, 2.05) is 18.2 Å². The Labute approximate surface area is 124 Å². The van der Waals surface area contributed by atoms with Gasteiger partial charge in [-0.3, -0.25) is 14.7 Å². The van der Waals surface area contributed by atoms with Gasteiger partial charge >= 0.3 is 0 Å². The predicted octanol–water partition coefficient (Wildman–Crippen LogP) is 1.97. The van der Waals surface area contributed by atoms with Gasteiger partial charge in [-0.1, -0.05) is 15.9 Å². The molecular formula is C14H15BrN2O3. The third-order valence-corrected chi connectivity index (χ3v) is 4.06. The lowest BCUT2D eigenvalue weighted by atomic mass is 10.2. The standard InChI is InChI=1S/C14H15BrN2O3/c1-8-9(2)14(19)17(16-13(8)18)7-10-6-11(20-3)4-5-12(10)15/h4-6H,7H2,1-3H3,(H,16,18). The molecule has 20 heavy (non-hydrogen) atoms. The quantitative estimate of drug-likeness (QED) is 0.930. The van der Waals surface area contributed by atoms with Crippen LogP contribution in [0, 0.1) is 13.8 Å². The van der Waals surface area contributed by atoms with Crippen LogP contribution in [0.5, 0.6) is 5.75 Å². The second kappa shape index (κ2) is 5.66. The monoisotopic (exact) mass is 338 g/mol. The first-order chi connectivity index (χ1) is 9.43. The van der Waals surface area contributed by atoms with Crippen molar-refractivity contribution in [2.75, 3.05) is 7.11 Å². The van der Waals surface area contributed by atoms with Crippen LogP contribution in [0.15, 0.2) is 32.3 Å². The molecule has 2 rings (SSSR count). The van der Waals surface area contributed by atoms with Gasteiger partial charge in [0.1, 0.15) is 5.75 Å². The molecule has 0 aliphatic rings. The SMILES string of the molecule is COc1ccc(Br)c(Cn2[nH]c(=O)c(C)c(C)c2=O)c1. The number of H-pyrrole nitrogens is 1. The maximum absolute atomic E-state index is 12.2. The highest BCUT2D eigenvalue weighted by Gasteiger charge is 2.09. The van der Waals surface area contributed by atoms with E-state index in [0.29, 0.717) is 16.9 Å². The summed E-state index contributed by atoms with van der Waals surface area (Å²) >= 11 is 3.43. The summed E-state index contributed by atoms with van der Waals surface area (Å²) in [5.74, 6) is 0.697. The van der Waals surface area contributed by atoms with Crippen LogP contribution in [0.2, 0.25) is 0 Å². The van der Waals surface area contributed by atoms with Crippen LogP contribution in [0.3, 0.4) is 0 Å². The number of methoxy groups -OCH3 is 1. The molecule has 1 aromatic heterocycles. The van der Waals surface area contributed by atoms with Gasteiger partial charge in [-0.25, -0.2) is 4.68 Å². The summed E-state index contributed by atoms with van der Waals surface area (Å²) in [6, 6.07) is 5.49. The molecule has 0 aliphatic heterocycles. The highest BCUT2D eigenvalue weighted by Crippen LogP contribution is 2.22. The number of rotatable bonds is 3. The fraction of sp³-hybridized carbons (Fsp3) is 0.286. The number of ether oxygens (including phenoxy) is 1. The molecule has 0 bridgehead atoms. The molecule has 5 nitrogen and oxygen atoms in total. The van der Waals surface area contributed by atoms with Crippen molar-refractivity contribution < 1.29 is 4.74 Å². The number of hydrogen-bond acceptors (Lipinski definition) is 3. The average Bonchev–Trinajstić information content (AvgIpc) is 2.44. The number of halogens is 1. The Kier molecular flexibility index (Phi) is 4.13. The minimum absolute atomic E-state index is 0.197. The minimum atomic E-state index is -0.249. The van der Waals surface area contributed by atoms with Crippen LogP contribution in [-0.2, 0) is 6.54 Å². The summed E-state index contributed by atoms with van der Waals surface area (Å²) in [6.45, 7) is 3.57. The molecule has 1 heterocycles. The molecule has 0 saturated carbocycles. The number of benzene rings is 1. The topological polar surface area (TPSA) is 64.1 Å². The Balaban J connectivity index is 2.51. The normalized spacial score (nSPS) is 10.6. The first-order valence-electron chi connectivity index (χ1n) is 6.06. The zero-order chi connectivity index (χ0) is 14.9. The average molecular weight is 339 g/mol. The summed E-state index contributed by atoms with van der Waals surface area (Å²) in [4.78, 5) is 23.9. The summed E-state index contributed by atoms with van der Waals surface area (Å²) in [5, 5.41) is 2.58. The Morgan fingerprint density at radius 3 is 2.60 bits per heavy atom. The van der Waals surface area contributed by atoms with Gasteiger partial charge < -0.3 is 4.74 Å². The van der Waals surface area contributed by atoms with Crippen LogP contribution < -0.4 is 15.9 Å². The van der Waals surface area contributed by atoms with E-state index < -0.39 is 0 Å².